The second-order valence-electron chi connectivity index (χ2n) is 5.37. The van der Waals surface area contributed by atoms with E-state index in [9.17, 15) is 9.90 Å². The number of rotatable bonds is 5. The molecule has 0 aromatic carbocycles. The molecule has 1 saturated heterocycles. The smallest absolute Gasteiger partial charge is 0.236 e. The number of thiocarbonyl (C=S) groups is 1. The number of hydrogen-bond acceptors (Lipinski definition) is 4. The van der Waals surface area contributed by atoms with Gasteiger partial charge in [-0.25, -0.2) is 0 Å². The van der Waals surface area contributed by atoms with Crippen molar-refractivity contribution in [3.63, 3.8) is 0 Å². The van der Waals surface area contributed by atoms with Gasteiger partial charge in [-0.2, -0.15) is 0 Å². The molecule has 0 atom stereocenters. The fourth-order valence-corrected chi connectivity index (χ4v) is 3.11. The van der Waals surface area contributed by atoms with E-state index in [1.807, 2.05) is 0 Å². The standard InChI is InChI=1S/C13H22N2O3S/c14-11(19)13(4-8-18-9-5-13)12(17)15(6-7-16)10-2-1-3-10/h10,16H,1-9H2,(H2,14,19). The second kappa shape index (κ2) is 6.15. The van der Waals surface area contributed by atoms with E-state index in [0.29, 0.717) is 32.6 Å². The molecule has 1 saturated carbocycles. The summed E-state index contributed by atoms with van der Waals surface area (Å²) in [5.74, 6) is -0.0120. The summed E-state index contributed by atoms with van der Waals surface area (Å²) in [6.45, 7) is 1.38. The van der Waals surface area contributed by atoms with Crippen molar-refractivity contribution in [3.05, 3.63) is 0 Å². The van der Waals surface area contributed by atoms with Crippen LogP contribution in [0.25, 0.3) is 0 Å². The summed E-state index contributed by atoms with van der Waals surface area (Å²) in [6, 6.07) is 0.244. The first kappa shape index (κ1) is 14.7. The minimum atomic E-state index is -0.766. The van der Waals surface area contributed by atoms with Crippen molar-refractivity contribution in [3.8, 4) is 0 Å². The average molecular weight is 286 g/mol. The number of amides is 1. The molecule has 0 radical (unpaired) electrons. The molecule has 2 aliphatic rings. The summed E-state index contributed by atoms with van der Waals surface area (Å²) in [6.07, 6.45) is 4.26. The quantitative estimate of drug-likeness (QED) is 0.717. The molecule has 5 nitrogen and oxygen atoms in total. The third-order valence-corrected chi connectivity index (χ3v) is 4.74. The van der Waals surface area contributed by atoms with Gasteiger partial charge < -0.3 is 20.5 Å². The van der Waals surface area contributed by atoms with Crippen LogP contribution in [0.1, 0.15) is 32.1 Å². The Morgan fingerprint density at radius 3 is 2.47 bits per heavy atom. The minimum Gasteiger partial charge on any atom is -0.395 e. The lowest BCUT2D eigenvalue weighted by Gasteiger charge is -2.44. The molecule has 1 heterocycles. The van der Waals surface area contributed by atoms with Crippen LogP contribution in [0.4, 0.5) is 0 Å². The number of ether oxygens (including phenoxy) is 1. The predicted octanol–water partition coefficient (Wildman–Crippen LogP) is 0.443. The summed E-state index contributed by atoms with van der Waals surface area (Å²) >= 11 is 5.16. The summed E-state index contributed by atoms with van der Waals surface area (Å²) in [7, 11) is 0. The van der Waals surface area contributed by atoms with E-state index < -0.39 is 5.41 Å². The molecular weight excluding hydrogens is 264 g/mol. The molecular formula is C13H22N2O3S. The van der Waals surface area contributed by atoms with Crippen molar-refractivity contribution in [2.75, 3.05) is 26.4 Å². The molecule has 2 fully saturated rings. The molecule has 0 aromatic heterocycles. The summed E-state index contributed by atoms with van der Waals surface area (Å²) in [5, 5.41) is 9.19. The Balaban J connectivity index is 2.18. The Kier molecular flexibility index (Phi) is 4.76. The molecule has 0 bridgehead atoms. The van der Waals surface area contributed by atoms with E-state index in [4.69, 9.17) is 22.7 Å². The van der Waals surface area contributed by atoms with E-state index >= 15 is 0 Å². The molecule has 0 spiro atoms. The maximum Gasteiger partial charge on any atom is 0.236 e. The van der Waals surface area contributed by atoms with Gasteiger partial charge in [0.2, 0.25) is 5.91 Å². The fourth-order valence-electron chi connectivity index (χ4n) is 2.82. The Bertz CT molecular complexity index is 352. The molecule has 0 aromatic rings. The van der Waals surface area contributed by atoms with Crippen LogP contribution in [0, 0.1) is 5.41 Å². The number of aliphatic hydroxyl groups is 1. The van der Waals surface area contributed by atoms with Gasteiger partial charge in [-0.15, -0.1) is 0 Å². The number of hydrogen-bond donors (Lipinski definition) is 2. The molecule has 0 unspecified atom stereocenters. The van der Waals surface area contributed by atoms with Gasteiger partial charge in [-0.3, -0.25) is 4.79 Å². The molecule has 6 heteroatoms. The van der Waals surface area contributed by atoms with Gasteiger partial charge in [0.05, 0.1) is 11.6 Å². The number of carbonyl (C=O) groups excluding carboxylic acids is 1. The van der Waals surface area contributed by atoms with Crippen LogP contribution in [-0.4, -0.2) is 53.3 Å². The number of nitrogens with zero attached hydrogens (tertiary/aromatic N) is 1. The first-order valence-electron chi connectivity index (χ1n) is 6.91. The van der Waals surface area contributed by atoms with E-state index in [-0.39, 0.29) is 23.5 Å². The van der Waals surface area contributed by atoms with E-state index in [1.165, 1.54) is 0 Å². The van der Waals surface area contributed by atoms with Gasteiger partial charge in [0.15, 0.2) is 0 Å². The Labute approximate surface area is 119 Å². The normalized spacial score (nSPS) is 22.6. The van der Waals surface area contributed by atoms with Gasteiger partial charge in [-0.1, -0.05) is 12.2 Å². The molecule has 108 valence electrons. The highest BCUT2D eigenvalue weighted by Crippen LogP contribution is 2.36. The summed E-state index contributed by atoms with van der Waals surface area (Å²) in [5.41, 5.74) is 5.10. The SMILES string of the molecule is NC(=S)C1(C(=O)N(CCO)C2CCC2)CCOCC1. The van der Waals surface area contributed by atoms with Crippen molar-refractivity contribution in [1.29, 1.82) is 0 Å². The second-order valence-corrected chi connectivity index (χ2v) is 5.81. The van der Waals surface area contributed by atoms with Gasteiger partial charge in [0.1, 0.15) is 5.41 Å². The van der Waals surface area contributed by atoms with Crippen LogP contribution >= 0.6 is 12.2 Å². The number of aliphatic hydroxyl groups excluding tert-OH is 1. The van der Waals surface area contributed by atoms with Crippen LogP contribution in [0.2, 0.25) is 0 Å². The van der Waals surface area contributed by atoms with Crippen molar-refractivity contribution >= 4 is 23.1 Å². The largest absolute Gasteiger partial charge is 0.395 e. The van der Waals surface area contributed by atoms with Gasteiger partial charge in [0.25, 0.3) is 0 Å². The number of nitrogens with two attached hydrogens (primary N) is 1. The van der Waals surface area contributed by atoms with Crippen molar-refractivity contribution in [1.82, 2.24) is 4.90 Å². The molecule has 1 aliphatic heterocycles. The Morgan fingerprint density at radius 1 is 1.42 bits per heavy atom. The van der Waals surface area contributed by atoms with Gasteiger partial charge in [0, 0.05) is 25.8 Å². The van der Waals surface area contributed by atoms with Crippen molar-refractivity contribution in [2.24, 2.45) is 11.1 Å². The number of carbonyl (C=O) groups is 1. The molecule has 19 heavy (non-hydrogen) atoms. The monoisotopic (exact) mass is 286 g/mol. The van der Waals surface area contributed by atoms with Gasteiger partial charge >= 0.3 is 0 Å². The minimum absolute atomic E-state index is 0.0120. The third kappa shape index (κ3) is 2.75. The lowest BCUT2D eigenvalue weighted by atomic mass is 9.77. The molecule has 1 aliphatic carbocycles. The van der Waals surface area contributed by atoms with Crippen LogP contribution in [0.15, 0.2) is 0 Å². The first-order valence-corrected chi connectivity index (χ1v) is 7.32. The highest BCUT2D eigenvalue weighted by molar-refractivity contribution is 7.80. The maximum absolute atomic E-state index is 12.9. The van der Waals surface area contributed by atoms with Crippen LogP contribution < -0.4 is 5.73 Å². The lowest BCUT2D eigenvalue weighted by Crippen LogP contribution is -2.57. The Hall–Kier alpha value is -0.720. The highest BCUT2D eigenvalue weighted by Gasteiger charge is 2.47. The lowest BCUT2D eigenvalue weighted by molar-refractivity contribution is -0.147. The van der Waals surface area contributed by atoms with Crippen LogP contribution in [-0.2, 0) is 9.53 Å². The van der Waals surface area contributed by atoms with E-state index in [0.717, 1.165) is 19.3 Å². The molecule has 1 amide bonds. The molecule has 2 rings (SSSR count). The third-order valence-electron chi connectivity index (χ3n) is 4.34. The van der Waals surface area contributed by atoms with Crippen LogP contribution in [0.5, 0.6) is 0 Å². The molecule has 3 N–H and O–H groups in total. The van der Waals surface area contributed by atoms with E-state index in [2.05, 4.69) is 0 Å². The zero-order valence-corrected chi connectivity index (χ0v) is 12.0. The predicted molar refractivity (Wildman–Crippen MR) is 75.7 cm³/mol. The highest BCUT2D eigenvalue weighted by atomic mass is 32.1. The van der Waals surface area contributed by atoms with Crippen molar-refractivity contribution in [2.45, 2.75) is 38.1 Å². The van der Waals surface area contributed by atoms with Crippen LogP contribution in [0.3, 0.4) is 0 Å². The Morgan fingerprint density at radius 2 is 2.05 bits per heavy atom. The average Bonchev–Trinajstić information content (AvgIpc) is 2.36. The zero-order chi connectivity index (χ0) is 13.9. The summed E-state index contributed by atoms with van der Waals surface area (Å²) < 4.78 is 5.33. The topological polar surface area (TPSA) is 75.8 Å². The first-order chi connectivity index (χ1) is 9.12. The fraction of sp³-hybridized carbons (Fsp3) is 0.846. The summed E-state index contributed by atoms with van der Waals surface area (Å²) in [4.78, 5) is 14.9. The van der Waals surface area contributed by atoms with Crippen molar-refractivity contribution < 1.29 is 14.6 Å². The van der Waals surface area contributed by atoms with E-state index in [1.54, 1.807) is 4.90 Å². The van der Waals surface area contributed by atoms with Gasteiger partial charge in [-0.05, 0) is 32.1 Å². The maximum atomic E-state index is 12.9. The zero-order valence-electron chi connectivity index (χ0n) is 11.1.